The van der Waals surface area contributed by atoms with E-state index >= 15 is 0 Å². The summed E-state index contributed by atoms with van der Waals surface area (Å²) in [5, 5.41) is 4.33. The predicted molar refractivity (Wildman–Crippen MR) is 171 cm³/mol. The van der Waals surface area contributed by atoms with E-state index in [-0.39, 0.29) is 4.87 Å². The molecule has 1 nitrogen and oxygen atoms in total. The van der Waals surface area contributed by atoms with Crippen LogP contribution < -0.4 is 5.32 Å². The second-order valence-corrected chi connectivity index (χ2v) is 15.1. The quantitative estimate of drug-likeness (QED) is 0.221. The van der Waals surface area contributed by atoms with Crippen LogP contribution in [0, 0.1) is 34.5 Å². The average molecular weight is 552 g/mol. The van der Waals surface area contributed by atoms with Gasteiger partial charge >= 0.3 is 0 Å². The lowest BCUT2D eigenvalue weighted by molar-refractivity contribution is -0.120. The zero-order valence-electron chi connectivity index (χ0n) is 24.9. The number of nitrogens with one attached hydrogen (secondary N) is 1. The molecular weight excluding hydrogens is 502 g/mol. The Morgan fingerprint density at radius 2 is 1.40 bits per heavy atom. The Labute approximate surface area is 247 Å². The van der Waals surface area contributed by atoms with Crippen LogP contribution in [0.3, 0.4) is 0 Å². The Morgan fingerprint density at radius 1 is 0.775 bits per heavy atom. The normalized spacial score (nSPS) is 32.2. The van der Waals surface area contributed by atoms with Gasteiger partial charge in [0.05, 0.1) is 0 Å². The van der Waals surface area contributed by atoms with Gasteiger partial charge in [0.15, 0.2) is 0 Å². The van der Waals surface area contributed by atoms with E-state index in [1.807, 2.05) is 11.8 Å². The summed E-state index contributed by atoms with van der Waals surface area (Å²) < 4.78 is 0. The highest BCUT2D eigenvalue weighted by Gasteiger charge is 2.57. The molecule has 6 unspecified atom stereocenters. The first-order valence-corrected chi connectivity index (χ1v) is 16.9. The largest absolute Gasteiger partial charge is 0.294 e. The summed E-state index contributed by atoms with van der Waals surface area (Å²) in [6.45, 7) is 8.83. The highest BCUT2D eigenvalue weighted by Crippen LogP contribution is 2.64. The standard InChI is InChI=1S/C38H49NS/c1-4-29-21-23-34-30(27-29)22-24-35-36(2,25-14-26-37(34,35)3)28-39-38(31-15-8-5-9-16-31,32-17-10-6-11-18-32)40-33-19-12-7-13-20-33/h5-13,15-20,29-30,34-35,39H,4,14,21-28H2,1-3H3. The van der Waals surface area contributed by atoms with Crippen molar-refractivity contribution in [3.63, 3.8) is 0 Å². The molecule has 0 saturated heterocycles. The molecule has 3 fully saturated rings. The van der Waals surface area contributed by atoms with Gasteiger partial charge in [-0.2, -0.15) is 0 Å². The number of rotatable bonds is 8. The zero-order chi connectivity index (χ0) is 27.6. The molecule has 0 aromatic heterocycles. The van der Waals surface area contributed by atoms with E-state index in [2.05, 4.69) is 117 Å². The molecule has 3 saturated carbocycles. The lowest BCUT2D eigenvalue weighted by atomic mass is 9.44. The number of thioether (sulfide) groups is 1. The van der Waals surface area contributed by atoms with Crippen molar-refractivity contribution in [1.82, 2.24) is 5.32 Å². The smallest absolute Gasteiger partial charge is 0.120 e. The molecular formula is C38H49NS. The summed E-state index contributed by atoms with van der Waals surface area (Å²) in [5.74, 6) is 3.68. The molecule has 3 aliphatic carbocycles. The molecule has 3 aromatic carbocycles. The number of benzene rings is 3. The monoisotopic (exact) mass is 551 g/mol. The fraction of sp³-hybridized carbons (Fsp3) is 0.526. The van der Waals surface area contributed by atoms with Gasteiger partial charge in [0, 0.05) is 11.4 Å². The maximum absolute atomic E-state index is 4.33. The van der Waals surface area contributed by atoms with Crippen molar-refractivity contribution in [1.29, 1.82) is 0 Å². The third-order valence-corrected chi connectivity index (χ3v) is 13.0. The number of hydrogen-bond acceptors (Lipinski definition) is 2. The van der Waals surface area contributed by atoms with Crippen LogP contribution in [0.4, 0.5) is 0 Å². The van der Waals surface area contributed by atoms with Crippen molar-refractivity contribution in [2.24, 2.45) is 34.5 Å². The molecule has 2 heteroatoms. The van der Waals surface area contributed by atoms with Gasteiger partial charge in [-0.1, -0.05) is 131 Å². The lowest BCUT2D eigenvalue weighted by Crippen LogP contribution is -2.57. The van der Waals surface area contributed by atoms with Gasteiger partial charge in [-0.3, -0.25) is 5.32 Å². The van der Waals surface area contributed by atoms with E-state index in [9.17, 15) is 0 Å². The maximum atomic E-state index is 4.33. The molecule has 0 amide bonds. The summed E-state index contributed by atoms with van der Waals surface area (Å²) in [6, 6.07) is 33.4. The van der Waals surface area contributed by atoms with Crippen LogP contribution in [0.15, 0.2) is 95.9 Å². The number of hydrogen-bond donors (Lipinski definition) is 1. The second kappa shape index (κ2) is 11.7. The Hall–Kier alpha value is -2.03. The van der Waals surface area contributed by atoms with Crippen LogP contribution in [0.5, 0.6) is 0 Å². The lowest BCUT2D eigenvalue weighted by Gasteiger charge is -2.62. The van der Waals surface area contributed by atoms with Gasteiger partial charge in [-0.25, -0.2) is 0 Å². The molecule has 6 atom stereocenters. The number of fused-ring (bicyclic) bond motifs is 3. The van der Waals surface area contributed by atoms with Crippen LogP contribution >= 0.6 is 11.8 Å². The van der Waals surface area contributed by atoms with E-state index in [0.717, 1.165) is 30.2 Å². The fourth-order valence-electron chi connectivity index (χ4n) is 9.51. The fourth-order valence-corrected chi connectivity index (χ4v) is 10.8. The van der Waals surface area contributed by atoms with Crippen molar-refractivity contribution < 1.29 is 0 Å². The molecule has 0 radical (unpaired) electrons. The summed E-state index contributed by atoms with van der Waals surface area (Å²) in [7, 11) is 0. The Bertz CT molecular complexity index is 1190. The molecule has 6 rings (SSSR count). The minimum Gasteiger partial charge on any atom is -0.294 e. The molecule has 1 N–H and O–H groups in total. The van der Waals surface area contributed by atoms with Crippen molar-refractivity contribution in [3.8, 4) is 0 Å². The van der Waals surface area contributed by atoms with Crippen LogP contribution in [-0.2, 0) is 4.87 Å². The molecule has 212 valence electrons. The van der Waals surface area contributed by atoms with E-state index in [4.69, 9.17) is 0 Å². The molecule has 0 bridgehead atoms. The van der Waals surface area contributed by atoms with Crippen LogP contribution in [0.2, 0.25) is 0 Å². The highest BCUT2D eigenvalue weighted by atomic mass is 32.2. The van der Waals surface area contributed by atoms with Gasteiger partial charge in [0.2, 0.25) is 0 Å². The summed E-state index contributed by atoms with van der Waals surface area (Å²) in [5.41, 5.74) is 3.45. The molecule has 40 heavy (non-hydrogen) atoms. The van der Waals surface area contributed by atoms with Crippen molar-refractivity contribution in [2.75, 3.05) is 6.54 Å². The highest BCUT2D eigenvalue weighted by molar-refractivity contribution is 8.00. The predicted octanol–water partition coefficient (Wildman–Crippen LogP) is 10.3. The summed E-state index contributed by atoms with van der Waals surface area (Å²) in [6.07, 6.45) is 12.8. The van der Waals surface area contributed by atoms with Crippen LogP contribution in [0.25, 0.3) is 0 Å². The SMILES string of the molecule is CCC1CCC2C(CCC3C(C)(CNC(Sc4ccccc4)(c4ccccc4)c4ccccc4)CCCC23C)C1. The van der Waals surface area contributed by atoms with E-state index in [1.165, 1.54) is 73.8 Å². The molecule has 0 spiro atoms. The van der Waals surface area contributed by atoms with E-state index in [0.29, 0.717) is 10.8 Å². The van der Waals surface area contributed by atoms with Gasteiger partial charge in [0.1, 0.15) is 4.87 Å². The van der Waals surface area contributed by atoms with E-state index in [1.54, 1.807) is 0 Å². The minimum absolute atomic E-state index is 0.297. The minimum atomic E-state index is -0.350. The average Bonchev–Trinajstić information content (AvgIpc) is 3.00. The Morgan fingerprint density at radius 3 is 2.02 bits per heavy atom. The Kier molecular flexibility index (Phi) is 8.21. The maximum Gasteiger partial charge on any atom is 0.120 e. The van der Waals surface area contributed by atoms with Gasteiger partial charge < -0.3 is 0 Å². The Balaban J connectivity index is 1.34. The van der Waals surface area contributed by atoms with Gasteiger partial charge in [-0.15, -0.1) is 0 Å². The van der Waals surface area contributed by atoms with Crippen molar-refractivity contribution in [2.45, 2.75) is 88.3 Å². The second-order valence-electron chi connectivity index (χ2n) is 13.8. The summed E-state index contributed by atoms with van der Waals surface area (Å²) in [4.78, 5) is 0.950. The first kappa shape index (κ1) is 28.1. The van der Waals surface area contributed by atoms with Crippen molar-refractivity contribution in [3.05, 3.63) is 102 Å². The molecule has 3 aliphatic rings. The van der Waals surface area contributed by atoms with Crippen molar-refractivity contribution >= 4 is 11.8 Å². The molecule has 3 aromatic rings. The topological polar surface area (TPSA) is 12.0 Å². The first-order chi connectivity index (χ1) is 19.5. The summed E-state index contributed by atoms with van der Waals surface area (Å²) >= 11 is 1.97. The first-order valence-electron chi connectivity index (χ1n) is 16.1. The third-order valence-electron chi connectivity index (χ3n) is 11.6. The van der Waals surface area contributed by atoms with Gasteiger partial charge in [0.25, 0.3) is 0 Å². The van der Waals surface area contributed by atoms with Gasteiger partial charge in [-0.05, 0) is 96.3 Å². The third kappa shape index (κ3) is 5.20. The van der Waals surface area contributed by atoms with Crippen LogP contribution in [0.1, 0.15) is 89.7 Å². The zero-order valence-corrected chi connectivity index (χ0v) is 25.8. The van der Waals surface area contributed by atoms with E-state index < -0.39 is 0 Å². The molecule has 0 aliphatic heterocycles. The molecule has 0 heterocycles. The van der Waals surface area contributed by atoms with Crippen LogP contribution in [-0.4, -0.2) is 6.54 Å².